The van der Waals surface area contributed by atoms with Crippen molar-refractivity contribution in [2.24, 2.45) is 4.40 Å². The summed E-state index contributed by atoms with van der Waals surface area (Å²) >= 11 is 8.18. The van der Waals surface area contributed by atoms with E-state index in [2.05, 4.69) is 15.9 Å². The zero-order chi connectivity index (χ0) is 26.6. The molecule has 0 N–H and O–H groups in total. The number of imidazole rings is 1. The number of hydrogen-bond donors (Lipinski definition) is 0. The molecule has 0 unspecified atom stereocenters. The van der Waals surface area contributed by atoms with Gasteiger partial charge in [0.05, 0.1) is 15.6 Å². The van der Waals surface area contributed by atoms with Crippen molar-refractivity contribution in [2.45, 2.75) is 42.7 Å². The van der Waals surface area contributed by atoms with Crippen LogP contribution < -0.4 is 0 Å². The summed E-state index contributed by atoms with van der Waals surface area (Å²) in [5.74, 6) is 1.47. The van der Waals surface area contributed by atoms with Gasteiger partial charge >= 0.3 is 0 Å². The summed E-state index contributed by atoms with van der Waals surface area (Å²) in [5, 5.41) is 1.32. The zero-order valence-corrected chi connectivity index (χ0v) is 23.4. The first-order valence-electron chi connectivity index (χ1n) is 12.0. The summed E-state index contributed by atoms with van der Waals surface area (Å²) in [6.07, 6.45) is 4.98. The number of sulfonamides is 1. The molecule has 194 valence electrons. The van der Waals surface area contributed by atoms with Crippen LogP contribution >= 0.6 is 23.4 Å². The Labute approximate surface area is 227 Å². The van der Waals surface area contributed by atoms with Gasteiger partial charge in [-0.1, -0.05) is 79.2 Å². The highest BCUT2D eigenvalue weighted by Crippen LogP contribution is 2.39. The van der Waals surface area contributed by atoms with Gasteiger partial charge in [0.1, 0.15) is 23.5 Å². The van der Waals surface area contributed by atoms with Crippen LogP contribution in [0.15, 0.2) is 68.4 Å². The maximum atomic E-state index is 12.9. The fraction of sp³-hybridized carbons (Fsp3) is 0.296. The fourth-order valence-corrected chi connectivity index (χ4v) is 6.65. The maximum Gasteiger partial charge on any atom is 0.284 e. The highest BCUT2D eigenvalue weighted by atomic mass is 35.5. The molecule has 0 bridgehead atoms. The molecule has 0 radical (unpaired) electrons. The lowest BCUT2D eigenvalue weighted by atomic mass is 10.0. The number of benzene rings is 2. The van der Waals surface area contributed by atoms with Crippen LogP contribution in [0.5, 0.6) is 0 Å². The molecule has 1 aliphatic rings. The van der Waals surface area contributed by atoms with Crippen LogP contribution in [0.25, 0.3) is 16.2 Å². The molecule has 2 heterocycles. The maximum absolute atomic E-state index is 12.9. The van der Waals surface area contributed by atoms with E-state index < -0.39 is 10.0 Å². The van der Waals surface area contributed by atoms with Crippen LogP contribution in [0.1, 0.15) is 36.8 Å². The van der Waals surface area contributed by atoms with E-state index in [9.17, 15) is 13.2 Å². The van der Waals surface area contributed by atoms with Crippen molar-refractivity contribution in [2.75, 3.05) is 19.8 Å². The molecule has 0 aliphatic carbocycles. The number of carbonyl (C=O) groups is 1. The molecule has 0 atom stereocenters. The van der Waals surface area contributed by atoms with Crippen LogP contribution in [-0.2, 0) is 27.8 Å². The molecule has 10 heteroatoms. The molecule has 0 saturated heterocycles. The standard InChI is InChI=1S/C27H29ClN4O3S2/c1-4-5-10-24-30-27-26(25(28)21(16-33)17-36-27)32(24)15-19-11-13-20(14-12-19)22-8-6-7-9-23(22)37(34,35)29-18-31(2)3/h6-9,11-14,16,18H,4-5,10,15,17H2,1-3H3. The molecule has 0 amide bonds. The summed E-state index contributed by atoms with van der Waals surface area (Å²) in [6, 6.07) is 14.6. The molecule has 2 aromatic carbocycles. The molecule has 4 rings (SSSR count). The van der Waals surface area contributed by atoms with Gasteiger partial charge in [0, 0.05) is 44.0 Å². The van der Waals surface area contributed by atoms with E-state index in [4.69, 9.17) is 16.6 Å². The Hall–Kier alpha value is -2.88. The number of rotatable bonds is 10. The SMILES string of the molecule is CCCCc1nc2c(n1Cc1ccc(-c3ccccc3S(=O)(=O)N=CN(C)C)cc1)C(Cl)=C(C=O)CS2. The van der Waals surface area contributed by atoms with Gasteiger partial charge in [-0.3, -0.25) is 4.79 Å². The summed E-state index contributed by atoms with van der Waals surface area (Å²) in [4.78, 5) is 18.1. The van der Waals surface area contributed by atoms with Crippen LogP contribution in [0.2, 0.25) is 0 Å². The van der Waals surface area contributed by atoms with Crippen LogP contribution in [0.4, 0.5) is 0 Å². The minimum Gasteiger partial charge on any atom is -0.368 e. The Bertz CT molecular complexity index is 1460. The Kier molecular flexibility index (Phi) is 8.56. The third-order valence-electron chi connectivity index (χ3n) is 5.95. The molecular formula is C27H29ClN4O3S2. The average molecular weight is 557 g/mol. The van der Waals surface area contributed by atoms with E-state index in [0.717, 1.165) is 53.2 Å². The van der Waals surface area contributed by atoms with Crippen LogP contribution in [0.3, 0.4) is 0 Å². The molecular weight excluding hydrogens is 528 g/mol. The summed E-state index contributed by atoms with van der Waals surface area (Å²) in [5.41, 5.74) is 3.75. The lowest BCUT2D eigenvalue weighted by Gasteiger charge is -2.17. The zero-order valence-electron chi connectivity index (χ0n) is 21.0. The number of unbranched alkanes of at least 4 members (excludes halogenated alkanes) is 1. The van der Waals surface area contributed by atoms with Crippen molar-refractivity contribution in [3.63, 3.8) is 0 Å². The molecule has 1 aromatic heterocycles. The van der Waals surface area contributed by atoms with E-state index in [-0.39, 0.29) is 4.90 Å². The number of thioether (sulfide) groups is 1. The van der Waals surface area contributed by atoms with Gasteiger partial charge in [0.15, 0.2) is 0 Å². The molecule has 0 spiro atoms. The van der Waals surface area contributed by atoms with Crippen molar-refractivity contribution in [1.82, 2.24) is 14.5 Å². The summed E-state index contributed by atoms with van der Waals surface area (Å²) < 4.78 is 31.6. The largest absolute Gasteiger partial charge is 0.368 e. The number of aromatic nitrogens is 2. The number of hydrogen-bond acceptors (Lipinski definition) is 5. The third-order valence-corrected chi connectivity index (χ3v) is 8.67. The number of aldehydes is 1. The minimum absolute atomic E-state index is 0.154. The Morgan fingerprint density at radius 3 is 2.57 bits per heavy atom. The fourth-order valence-electron chi connectivity index (χ4n) is 4.05. The van der Waals surface area contributed by atoms with Gasteiger partial charge in [-0.2, -0.15) is 8.42 Å². The Morgan fingerprint density at radius 1 is 1.16 bits per heavy atom. The quantitative estimate of drug-likeness (QED) is 0.187. The minimum atomic E-state index is -3.86. The number of halogens is 1. The van der Waals surface area contributed by atoms with Crippen molar-refractivity contribution < 1.29 is 13.2 Å². The van der Waals surface area contributed by atoms with Gasteiger partial charge in [-0.05, 0) is 23.6 Å². The average Bonchev–Trinajstić information content (AvgIpc) is 3.24. The van der Waals surface area contributed by atoms with Gasteiger partial charge < -0.3 is 9.47 Å². The first kappa shape index (κ1) is 27.2. The van der Waals surface area contributed by atoms with E-state index >= 15 is 0 Å². The highest BCUT2D eigenvalue weighted by molar-refractivity contribution is 7.99. The van der Waals surface area contributed by atoms with E-state index in [0.29, 0.717) is 28.5 Å². The van der Waals surface area contributed by atoms with Gasteiger partial charge in [-0.15, -0.1) is 4.40 Å². The lowest BCUT2D eigenvalue weighted by Crippen LogP contribution is -2.11. The smallest absolute Gasteiger partial charge is 0.284 e. The first-order valence-corrected chi connectivity index (χ1v) is 14.8. The normalized spacial score (nSPS) is 13.7. The van der Waals surface area contributed by atoms with Crippen molar-refractivity contribution in [3.05, 3.63) is 71.2 Å². The Balaban J connectivity index is 1.68. The topological polar surface area (TPSA) is 84.6 Å². The van der Waals surface area contributed by atoms with E-state index in [1.54, 1.807) is 37.2 Å². The van der Waals surface area contributed by atoms with Gasteiger partial charge in [-0.25, -0.2) is 4.98 Å². The second-order valence-corrected chi connectivity index (χ2v) is 11.9. The predicted octanol–water partition coefficient (Wildman–Crippen LogP) is 5.47. The molecule has 37 heavy (non-hydrogen) atoms. The molecule has 0 fully saturated rings. The Morgan fingerprint density at radius 2 is 1.89 bits per heavy atom. The molecule has 0 saturated carbocycles. The van der Waals surface area contributed by atoms with E-state index in [1.165, 1.54) is 18.1 Å². The first-order chi connectivity index (χ1) is 17.7. The summed E-state index contributed by atoms with van der Waals surface area (Å²) in [7, 11) is -0.422. The second kappa shape index (κ2) is 11.7. The van der Waals surface area contributed by atoms with Crippen molar-refractivity contribution in [1.29, 1.82) is 0 Å². The number of fused-ring (bicyclic) bond motifs is 1. The van der Waals surface area contributed by atoms with Crippen molar-refractivity contribution in [3.8, 4) is 11.1 Å². The van der Waals surface area contributed by atoms with Crippen molar-refractivity contribution >= 4 is 51.0 Å². The molecule has 7 nitrogen and oxygen atoms in total. The third kappa shape index (κ3) is 6.00. The van der Waals surface area contributed by atoms with Gasteiger partial charge in [0.2, 0.25) is 0 Å². The summed E-state index contributed by atoms with van der Waals surface area (Å²) in [6.45, 7) is 2.68. The van der Waals surface area contributed by atoms with E-state index in [1.807, 2.05) is 30.3 Å². The number of aryl methyl sites for hydroxylation is 1. The highest BCUT2D eigenvalue weighted by Gasteiger charge is 2.26. The molecule has 1 aliphatic heterocycles. The monoisotopic (exact) mass is 556 g/mol. The van der Waals surface area contributed by atoms with Crippen LogP contribution in [-0.4, -0.2) is 55.3 Å². The number of carbonyl (C=O) groups excluding carboxylic acids is 1. The molecule has 3 aromatic rings. The second-order valence-electron chi connectivity index (χ2n) is 8.97. The number of nitrogens with zero attached hydrogens (tertiary/aromatic N) is 4. The lowest BCUT2D eigenvalue weighted by molar-refractivity contribution is -0.104. The predicted molar refractivity (Wildman–Crippen MR) is 151 cm³/mol. The van der Waals surface area contributed by atoms with Gasteiger partial charge in [0.25, 0.3) is 10.0 Å². The van der Waals surface area contributed by atoms with Crippen LogP contribution in [0, 0.1) is 0 Å².